The van der Waals surface area contributed by atoms with Gasteiger partial charge in [-0.15, -0.1) is 0 Å². The molecular weight excluding hydrogens is 420 g/mol. The molecule has 1 amide bonds. The van der Waals surface area contributed by atoms with Crippen LogP contribution in [0.15, 0.2) is 64.2 Å². The number of H-pyrrole nitrogens is 1. The van der Waals surface area contributed by atoms with Gasteiger partial charge in [-0.05, 0) is 24.6 Å². The van der Waals surface area contributed by atoms with Crippen molar-refractivity contribution in [3.63, 3.8) is 0 Å². The highest BCUT2D eigenvalue weighted by molar-refractivity contribution is 5.96. The number of nitrogens with one attached hydrogen (secondary N) is 1. The Morgan fingerprint density at radius 3 is 2.42 bits per heavy atom. The number of aromatic amines is 1. The van der Waals surface area contributed by atoms with E-state index in [9.17, 15) is 14.4 Å². The number of likely N-dealkylation sites (N-methyl/N-ethyl adjacent to an activating group) is 1. The number of amides is 1. The molecule has 0 aliphatic carbocycles. The first-order valence-corrected chi connectivity index (χ1v) is 10.9. The van der Waals surface area contributed by atoms with Gasteiger partial charge in [-0.3, -0.25) is 19.1 Å². The van der Waals surface area contributed by atoms with Crippen molar-refractivity contribution in [3.05, 3.63) is 86.8 Å². The van der Waals surface area contributed by atoms with E-state index in [2.05, 4.69) is 9.97 Å². The minimum atomic E-state index is -0.691. The summed E-state index contributed by atoms with van der Waals surface area (Å²) in [5.41, 5.74) is 7.45. The third kappa shape index (κ3) is 4.17. The van der Waals surface area contributed by atoms with E-state index in [0.717, 1.165) is 22.4 Å². The van der Waals surface area contributed by atoms with Crippen molar-refractivity contribution in [2.75, 3.05) is 17.2 Å². The molecule has 0 bridgehead atoms. The van der Waals surface area contributed by atoms with E-state index in [0.29, 0.717) is 6.42 Å². The van der Waals surface area contributed by atoms with E-state index < -0.39 is 11.2 Å². The molecule has 0 saturated carbocycles. The van der Waals surface area contributed by atoms with E-state index in [1.54, 1.807) is 6.92 Å². The Labute approximate surface area is 190 Å². The zero-order valence-corrected chi connectivity index (χ0v) is 18.6. The Bertz CT molecular complexity index is 1420. The van der Waals surface area contributed by atoms with Crippen LogP contribution in [0.4, 0.5) is 11.5 Å². The van der Waals surface area contributed by atoms with Crippen molar-refractivity contribution in [2.24, 2.45) is 0 Å². The van der Waals surface area contributed by atoms with Crippen molar-refractivity contribution in [2.45, 2.75) is 33.4 Å². The summed E-state index contributed by atoms with van der Waals surface area (Å²) in [7, 11) is 0. The topological polar surface area (TPSA) is 119 Å². The first-order valence-electron chi connectivity index (χ1n) is 10.9. The number of hydrogen-bond donors (Lipinski definition) is 2. The number of aromatic nitrogens is 4. The molecule has 9 heteroatoms. The molecular formula is C24H26N6O3. The number of anilines is 2. The van der Waals surface area contributed by atoms with Crippen LogP contribution < -0.4 is 21.9 Å². The summed E-state index contributed by atoms with van der Waals surface area (Å²) >= 11 is 0. The van der Waals surface area contributed by atoms with Gasteiger partial charge in [-0.2, -0.15) is 0 Å². The molecule has 9 nitrogen and oxygen atoms in total. The first-order chi connectivity index (χ1) is 15.9. The van der Waals surface area contributed by atoms with Crippen LogP contribution in [0.3, 0.4) is 0 Å². The number of benzene rings is 2. The van der Waals surface area contributed by atoms with Crippen LogP contribution in [0.1, 0.15) is 25.2 Å². The molecule has 3 N–H and O–H groups in total. The van der Waals surface area contributed by atoms with Gasteiger partial charge in [0.15, 0.2) is 5.69 Å². The Morgan fingerprint density at radius 1 is 1.03 bits per heavy atom. The summed E-state index contributed by atoms with van der Waals surface area (Å²) in [5, 5.41) is 0. The number of carbonyl (C=O) groups is 1. The van der Waals surface area contributed by atoms with Gasteiger partial charge in [0.05, 0.1) is 17.6 Å². The van der Waals surface area contributed by atoms with Gasteiger partial charge in [0.25, 0.3) is 5.56 Å². The number of nitrogen functional groups attached to an aromatic ring is 1. The zero-order valence-electron chi connectivity index (χ0n) is 18.6. The molecule has 0 unspecified atom stereocenters. The van der Waals surface area contributed by atoms with Crippen molar-refractivity contribution in [1.82, 2.24) is 19.1 Å². The zero-order chi connectivity index (χ0) is 23.5. The highest BCUT2D eigenvalue weighted by atomic mass is 16.2. The minimum Gasteiger partial charge on any atom is -0.383 e. The van der Waals surface area contributed by atoms with E-state index in [1.807, 2.05) is 66.1 Å². The van der Waals surface area contributed by atoms with Crippen molar-refractivity contribution in [3.8, 4) is 0 Å². The average molecular weight is 447 g/mol. The fourth-order valence-corrected chi connectivity index (χ4v) is 4.01. The normalized spacial score (nSPS) is 11.1. The molecule has 4 rings (SSSR count). The molecule has 0 aliphatic heterocycles. The number of hydrogen-bond acceptors (Lipinski definition) is 5. The molecule has 170 valence electrons. The van der Waals surface area contributed by atoms with Crippen LogP contribution in [-0.4, -0.2) is 31.6 Å². The molecule has 0 aliphatic rings. The van der Waals surface area contributed by atoms with Gasteiger partial charge >= 0.3 is 5.69 Å². The largest absolute Gasteiger partial charge is 0.383 e. The Morgan fingerprint density at radius 2 is 1.73 bits per heavy atom. The molecule has 0 fully saturated rings. The summed E-state index contributed by atoms with van der Waals surface area (Å²) in [6.45, 7) is 4.11. The summed E-state index contributed by atoms with van der Waals surface area (Å²) < 4.78 is 3.12. The molecule has 0 saturated heterocycles. The Balaban J connectivity index is 1.73. The van der Waals surface area contributed by atoms with Gasteiger partial charge in [0, 0.05) is 13.0 Å². The number of aryl methyl sites for hydroxylation is 1. The van der Waals surface area contributed by atoms with Crippen LogP contribution in [0.25, 0.3) is 11.0 Å². The summed E-state index contributed by atoms with van der Waals surface area (Å²) in [4.78, 5) is 46.9. The fraction of sp³-hybridized carbons (Fsp3) is 0.250. The molecule has 0 radical (unpaired) electrons. The maximum Gasteiger partial charge on any atom is 0.330 e. The third-order valence-electron chi connectivity index (χ3n) is 5.63. The van der Waals surface area contributed by atoms with Crippen LogP contribution in [-0.2, 0) is 24.3 Å². The predicted molar refractivity (Wildman–Crippen MR) is 128 cm³/mol. The predicted octanol–water partition coefficient (Wildman–Crippen LogP) is 2.13. The van der Waals surface area contributed by atoms with Crippen molar-refractivity contribution in [1.29, 1.82) is 0 Å². The quantitative estimate of drug-likeness (QED) is 0.451. The minimum absolute atomic E-state index is 0.00574. The monoisotopic (exact) mass is 446 g/mol. The Hall–Kier alpha value is -4.14. The van der Waals surface area contributed by atoms with E-state index in [1.165, 1.54) is 9.47 Å². The lowest BCUT2D eigenvalue weighted by atomic mass is 10.2. The molecule has 4 aromatic rings. The van der Waals surface area contributed by atoms with Gasteiger partial charge in [0.2, 0.25) is 5.91 Å². The Kier molecular flexibility index (Phi) is 6.12. The van der Waals surface area contributed by atoms with Gasteiger partial charge < -0.3 is 15.2 Å². The van der Waals surface area contributed by atoms with E-state index >= 15 is 0 Å². The second-order valence-corrected chi connectivity index (χ2v) is 7.66. The van der Waals surface area contributed by atoms with E-state index in [-0.39, 0.29) is 37.0 Å². The number of carbonyl (C=O) groups excluding carboxylic acids is 1. The van der Waals surface area contributed by atoms with Gasteiger partial charge in [-0.25, -0.2) is 9.78 Å². The third-order valence-corrected chi connectivity index (χ3v) is 5.63. The molecule has 2 aromatic carbocycles. The highest BCUT2D eigenvalue weighted by Gasteiger charge is 2.24. The molecule has 2 aromatic heterocycles. The second kappa shape index (κ2) is 9.15. The number of fused-ring (bicyclic) bond motifs is 1. The summed E-state index contributed by atoms with van der Waals surface area (Å²) in [6, 6.07) is 16.9. The lowest BCUT2D eigenvalue weighted by Crippen LogP contribution is -2.42. The maximum atomic E-state index is 13.4. The number of rotatable bonds is 7. The molecule has 2 heterocycles. The average Bonchev–Trinajstić information content (AvgIpc) is 3.17. The number of para-hydroxylation sites is 2. The van der Waals surface area contributed by atoms with Crippen LogP contribution >= 0.6 is 0 Å². The second-order valence-electron chi connectivity index (χ2n) is 7.66. The maximum absolute atomic E-state index is 13.4. The first kappa shape index (κ1) is 22.1. The van der Waals surface area contributed by atoms with Crippen molar-refractivity contribution < 1.29 is 4.79 Å². The number of imidazole rings is 1. The van der Waals surface area contributed by atoms with Gasteiger partial charge in [-0.1, -0.05) is 49.4 Å². The van der Waals surface area contributed by atoms with Gasteiger partial charge in [0.1, 0.15) is 18.2 Å². The van der Waals surface area contributed by atoms with Crippen molar-refractivity contribution >= 4 is 28.4 Å². The van der Waals surface area contributed by atoms with E-state index in [4.69, 9.17) is 5.73 Å². The summed E-state index contributed by atoms with van der Waals surface area (Å²) in [6.07, 6.45) is 0.652. The number of nitrogens with two attached hydrogens (primary N) is 1. The lowest BCUT2D eigenvalue weighted by molar-refractivity contribution is -0.119. The smallest absolute Gasteiger partial charge is 0.330 e. The van der Waals surface area contributed by atoms with Crippen LogP contribution in [0.5, 0.6) is 0 Å². The molecule has 0 atom stereocenters. The molecule has 33 heavy (non-hydrogen) atoms. The lowest BCUT2D eigenvalue weighted by Gasteiger charge is -2.24. The summed E-state index contributed by atoms with van der Waals surface area (Å²) in [5.74, 6) is 0.406. The van der Waals surface area contributed by atoms with Crippen LogP contribution in [0.2, 0.25) is 0 Å². The molecule has 0 spiro atoms. The standard InChI is InChI=1S/C24H26N6O3/c1-3-19-26-17-12-8-9-13-18(17)29(19)15-20(31)28(4-2)21-22(25)30(24(33)27-23(21)32)14-16-10-6-5-7-11-16/h5-13H,3-4,14-15,25H2,1-2H3,(H,27,32,33). The number of nitrogens with zero attached hydrogens (tertiary/aromatic N) is 4. The van der Waals surface area contributed by atoms with Crippen LogP contribution in [0, 0.1) is 0 Å². The SMILES string of the molecule is CCc1nc2ccccc2n1CC(=O)N(CC)c1c(N)n(Cc2ccccc2)c(=O)[nH]c1=O. The fourth-order valence-electron chi connectivity index (χ4n) is 4.01. The highest BCUT2D eigenvalue weighted by Crippen LogP contribution is 2.21.